The molecule has 8 aromatic rings. The average molecular weight is 715 g/mol. The fraction of sp³-hybridized carbons (Fsp3) is 0.250. The molecule has 0 bridgehead atoms. The molecule has 260 valence electrons. The zero-order valence-electron chi connectivity index (χ0n) is 30.3. The summed E-state index contributed by atoms with van der Waals surface area (Å²) < 4.78 is 0. The Morgan fingerprint density at radius 2 is 0.827 bits per heavy atom. The number of hydrogen-bond donors (Lipinski definition) is 0. The first-order valence-corrected chi connectivity index (χ1v) is 20.8. The van der Waals surface area contributed by atoms with Crippen molar-refractivity contribution in [2.45, 2.75) is 78.1 Å². The molecule has 6 aromatic carbocycles. The molecule has 2 aromatic heterocycles. The van der Waals surface area contributed by atoms with Crippen molar-refractivity contribution in [2.75, 3.05) is 0 Å². The fourth-order valence-electron chi connectivity index (χ4n) is 7.34. The number of nitrogens with zero attached hydrogens (tertiary/aromatic N) is 2. The van der Waals surface area contributed by atoms with Crippen molar-refractivity contribution in [3.63, 3.8) is 0 Å². The molecule has 0 amide bonds. The molecule has 0 aliphatic heterocycles. The van der Waals surface area contributed by atoms with E-state index in [-0.39, 0.29) is 0 Å². The Morgan fingerprint density at radius 1 is 0.423 bits per heavy atom. The molecule has 0 radical (unpaired) electrons. The molecule has 0 fully saturated rings. The number of aromatic nitrogens is 2. The second kappa shape index (κ2) is 15.9. The highest BCUT2D eigenvalue weighted by atomic mass is 32.1. The van der Waals surface area contributed by atoms with Crippen LogP contribution in [0.3, 0.4) is 0 Å². The van der Waals surface area contributed by atoms with Crippen molar-refractivity contribution in [3.8, 4) is 21.1 Å². The van der Waals surface area contributed by atoms with Gasteiger partial charge < -0.3 is 0 Å². The molecule has 4 heteroatoms. The Morgan fingerprint density at radius 3 is 1.25 bits per heavy atom. The van der Waals surface area contributed by atoms with Gasteiger partial charge in [-0.3, -0.25) is 0 Å². The first kappa shape index (κ1) is 34.4. The lowest BCUT2D eigenvalue weighted by molar-refractivity contribution is 0.667. The molecular formula is C48H46N2S2. The first-order valence-electron chi connectivity index (χ1n) is 19.2. The van der Waals surface area contributed by atoms with Crippen molar-refractivity contribution in [3.05, 3.63) is 130 Å². The van der Waals surface area contributed by atoms with E-state index in [0.29, 0.717) is 0 Å². The molecule has 0 N–H and O–H groups in total. The molecule has 0 aliphatic rings. The van der Waals surface area contributed by atoms with Crippen LogP contribution in [0.5, 0.6) is 0 Å². The molecule has 0 unspecified atom stereocenters. The van der Waals surface area contributed by atoms with E-state index >= 15 is 0 Å². The Bertz CT molecular complexity index is 2340. The molecule has 8 rings (SSSR count). The van der Waals surface area contributed by atoms with E-state index < -0.39 is 0 Å². The minimum Gasteiger partial charge on any atom is -0.244 e. The van der Waals surface area contributed by atoms with Gasteiger partial charge in [-0.2, -0.15) is 0 Å². The summed E-state index contributed by atoms with van der Waals surface area (Å²) in [4.78, 5) is 11.9. The molecule has 0 atom stereocenters. The van der Waals surface area contributed by atoms with Crippen molar-refractivity contribution in [1.29, 1.82) is 0 Å². The van der Waals surface area contributed by atoms with Gasteiger partial charge in [0.05, 0.1) is 0 Å². The van der Waals surface area contributed by atoms with Crippen molar-refractivity contribution in [2.24, 2.45) is 0 Å². The fourth-order valence-corrected chi connectivity index (χ4v) is 8.97. The van der Waals surface area contributed by atoms with Crippen molar-refractivity contribution < 1.29 is 0 Å². The van der Waals surface area contributed by atoms with Crippen LogP contribution in [-0.4, -0.2) is 9.97 Å². The highest BCUT2D eigenvalue weighted by Gasteiger charge is 2.09. The smallest absolute Gasteiger partial charge is 0.123 e. The highest BCUT2D eigenvalue weighted by Crippen LogP contribution is 2.34. The van der Waals surface area contributed by atoms with E-state index in [2.05, 4.69) is 123 Å². The zero-order valence-corrected chi connectivity index (χ0v) is 32.0. The second-order valence-electron chi connectivity index (χ2n) is 14.3. The van der Waals surface area contributed by atoms with Crippen LogP contribution < -0.4 is 0 Å². The normalized spacial score (nSPS) is 12.0. The van der Waals surface area contributed by atoms with Crippen LogP contribution in [0, 0.1) is 0 Å². The molecule has 2 heterocycles. The third kappa shape index (κ3) is 7.89. The third-order valence-corrected chi connectivity index (χ3v) is 12.3. The Kier molecular flexibility index (Phi) is 10.6. The Hall–Kier alpha value is -4.64. The minimum atomic E-state index is 1.04. The summed E-state index contributed by atoms with van der Waals surface area (Å²) in [6.45, 7) is 4.54. The van der Waals surface area contributed by atoms with Gasteiger partial charge in [0.25, 0.3) is 0 Å². The Balaban J connectivity index is 0.945. The van der Waals surface area contributed by atoms with Gasteiger partial charge in [-0.05, 0) is 128 Å². The number of fused-ring (bicyclic) bond motifs is 4. The van der Waals surface area contributed by atoms with Crippen LogP contribution in [0.1, 0.15) is 86.1 Å². The van der Waals surface area contributed by atoms with E-state index in [1.165, 1.54) is 118 Å². The van der Waals surface area contributed by atoms with E-state index in [1.54, 1.807) is 22.7 Å². The van der Waals surface area contributed by atoms with E-state index in [1.807, 2.05) is 12.4 Å². The predicted molar refractivity (Wildman–Crippen MR) is 230 cm³/mol. The lowest BCUT2D eigenvalue weighted by Gasteiger charge is -2.07. The number of benzene rings is 6. The molecule has 2 nitrogen and oxygen atoms in total. The second-order valence-corrected chi connectivity index (χ2v) is 16.4. The van der Waals surface area contributed by atoms with Crippen LogP contribution in [0.2, 0.25) is 0 Å². The van der Waals surface area contributed by atoms with Crippen LogP contribution in [0.4, 0.5) is 0 Å². The summed E-state index contributed by atoms with van der Waals surface area (Å²) >= 11 is 3.46. The van der Waals surface area contributed by atoms with Gasteiger partial charge in [0.15, 0.2) is 0 Å². The standard InChI is InChI=1S/C48H46N2S2/c1-3-5-7-9-11-33-13-15-35-27-43-29-39(19-17-37(43)25-41(35)23-33)47-49-31-45(51-47)21-22-46-32-50-48(52-46)40-20-18-38-26-42-24-34(12-10-8-6-4-2)14-16-36(42)28-44(38)30-40/h13-32H,3-12H2,1-2H3. The lowest BCUT2D eigenvalue weighted by atomic mass is 9.98. The summed E-state index contributed by atoms with van der Waals surface area (Å²) in [5, 5.41) is 12.4. The lowest BCUT2D eigenvalue weighted by Crippen LogP contribution is -1.87. The summed E-state index contributed by atoms with van der Waals surface area (Å²) in [6, 6.07) is 36.8. The highest BCUT2D eigenvalue weighted by molar-refractivity contribution is 7.16. The van der Waals surface area contributed by atoms with Gasteiger partial charge in [-0.1, -0.05) is 113 Å². The summed E-state index contributed by atoms with van der Waals surface area (Å²) in [5.74, 6) is 0. The maximum absolute atomic E-state index is 4.80. The van der Waals surface area contributed by atoms with Gasteiger partial charge in [0, 0.05) is 33.3 Å². The number of unbranched alkanes of at least 4 members (excludes halogenated alkanes) is 6. The largest absolute Gasteiger partial charge is 0.244 e. The maximum Gasteiger partial charge on any atom is 0.123 e. The molecule has 52 heavy (non-hydrogen) atoms. The minimum absolute atomic E-state index is 1.04. The Labute approximate surface area is 315 Å². The van der Waals surface area contributed by atoms with Gasteiger partial charge in [-0.15, -0.1) is 22.7 Å². The van der Waals surface area contributed by atoms with E-state index in [0.717, 1.165) is 30.9 Å². The average Bonchev–Trinajstić information content (AvgIpc) is 3.86. The first-order chi connectivity index (χ1) is 25.6. The molecule has 0 spiro atoms. The van der Waals surface area contributed by atoms with Gasteiger partial charge >= 0.3 is 0 Å². The number of aryl methyl sites for hydroxylation is 2. The molecular weight excluding hydrogens is 669 g/mol. The summed E-state index contributed by atoms with van der Waals surface area (Å²) in [7, 11) is 0. The molecule has 0 aliphatic carbocycles. The maximum atomic E-state index is 4.80. The van der Waals surface area contributed by atoms with Gasteiger partial charge in [0.1, 0.15) is 10.0 Å². The van der Waals surface area contributed by atoms with Crippen LogP contribution in [-0.2, 0) is 12.8 Å². The molecule has 0 saturated heterocycles. The predicted octanol–water partition coefficient (Wildman–Crippen LogP) is 15.0. The number of thiazole rings is 2. The van der Waals surface area contributed by atoms with Crippen LogP contribution in [0.25, 0.3) is 76.4 Å². The van der Waals surface area contributed by atoms with E-state index in [4.69, 9.17) is 9.97 Å². The van der Waals surface area contributed by atoms with Crippen molar-refractivity contribution in [1.82, 2.24) is 9.97 Å². The van der Waals surface area contributed by atoms with Crippen molar-refractivity contribution >= 4 is 77.9 Å². The summed E-state index contributed by atoms with van der Waals surface area (Å²) in [5.41, 5.74) is 5.22. The number of rotatable bonds is 14. The van der Waals surface area contributed by atoms with E-state index in [9.17, 15) is 0 Å². The van der Waals surface area contributed by atoms with Gasteiger partial charge in [-0.25, -0.2) is 9.97 Å². The molecule has 0 saturated carbocycles. The number of hydrogen-bond acceptors (Lipinski definition) is 4. The SMILES string of the molecule is CCCCCCc1ccc2cc3cc(-c4ncc(C=Cc5cnc(-c6ccc7cc8cc(CCCCCC)ccc8cc7c6)s5)s4)ccc3cc2c1. The third-order valence-electron chi connectivity index (χ3n) is 10.3. The monoisotopic (exact) mass is 714 g/mol. The van der Waals surface area contributed by atoms with Gasteiger partial charge in [0.2, 0.25) is 0 Å². The van der Waals surface area contributed by atoms with Crippen LogP contribution >= 0.6 is 22.7 Å². The topological polar surface area (TPSA) is 25.8 Å². The zero-order chi connectivity index (χ0) is 35.3. The quantitative estimate of drug-likeness (QED) is 0.0828. The van der Waals surface area contributed by atoms with Crippen LogP contribution in [0.15, 0.2) is 109 Å². The summed E-state index contributed by atoms with van der Waals surface area (Å²) in [6.07, 6.45) is 21.0.